The number of fused-ring (bicyclic) bond motifs is 1. The van der Waals surface area contributed by atoms with Crippen molar-refractivity contribution in [2.24, 2.45) is 18.9 Å². The number of hydrogen-bond donors (Lipinski definition) is 1. The molecule has 8 nitrogen and oxygen atoms in total. The maximum atomic E-state index is 13.4. The molecule has 3 unspecified atom stereocenters. The molecule has 0 radical (unpaired) electrons. The lowest BCUT2D eigenvalue weighted by Crippen LogP contribution is -2.54. The first-order valence-corrected chi connectivity index (χ1v) is 8.12. The van der Waals surface area contributed by atoms with Crippen LogP contribution in [0.2, 0.25) is 0 Å². The van der Waals surface area contributed by atoms with E-state index >= 15 is 0 Å². The fourth-order valence-corrected chi connectivity index (χ4v) is 3.46. The molecule has 2 heterocycles. The summed E-state index contributed by atoms with van der Waals surface area (Å²) in [6.45, 7) is 0. The van der Waals surface area contributed by atoms with E-state index in [-0.39, 0.29) is 18.5 Å². The normalized spacial score (nSPS) is 23.8. The highest BCUT2D eigenvalue weighted by atomic mass is 19.4. The summed E-state index contributed by atoms with van der Waals surface area (Å²) < 4.78 is 81.2. The Morgan fingerprint density at radius 1 is 1.18 bits per heavy atom. The molecule has 0 saturated heterocycles. The first kappa shape index (κ1) is 20.1. The third-order valence-electron chi connectivity index (χ3n) is 4.73. The van der Waals surface area contributed by atoms with Crippen LogP contribution >= 0.6 is 0 Å². The van der Waals surface area contributed by atoms with E-state index in [1.54, 1.807) is 0 Å². The highest BCUT2D eigenvalue weighted by molar-refractivity contribution is 5.98. The molecule has 1 aliphatic carbocycles. The number of aryl methyl sites for hydroxylation is 1. The van der Waals surface area contributed by atoms with Gasteiger partial charge in [-0.2, -0.15) is 31.0 Å². The summed E-state index contributed by atoms with van der Waals surface area (Å²) in [5.41, 5.74) is -1.52. The fraction of sp³-hybridized carbons (Fsp3) is 0.643. The number of rotatable bonds is 2. The van der Waals surface area contributed by atoms with Crippen LogP contribution in [0.1, 0.15) is 29.8 Å². The summed E-state index contributed by atoms with van der Waals surface area (Å²) >= 11 is 0. The molecule has 28 heavy (non-hydrogen) atoms. The maximum Gasteiger partial charge on any atom is 0.394 e. The van der Waals surface area contributed by atoms with Crippen molar-refractivity contribution in [3.63, 3.8) is 0 Å². The van der Waals surface area contributed by atoms with Crippen LogP contribution in [-0.4, -0.2) is 48.7 Å². The Labute approximate surface area is 152 Å². The van der Waals surface area contributed by atoms with E-state index in [2.05, 4.69) is 15.3 Å². The zero-order valence-electron chi connectivity index (χ0n) is 14.3. The number of alkyl halides is 6. The van der Waals surface area contributed by atoms with Gasteiger partial charge in [0.25, 0.3) is 5.91 Å². The second-order valence-corrected chi connectivity index (χ2v) is 6.51. The van der Waals surface area contributed by atoms with Crippen LogP contribution in [0.25, 0.3) is 5.65 Å². The van der Waals surface area contributed by atoms with E-state index in [4.69, 9.17) is 0 Å². The van der Waals surface area contributed by atoms with Gasteiger partial charge in [0.2, 0.25) is 0 Å². The standard InChI is InChI=1S/C14H14F6N6O2/c1-25-12(28)26-5-21-9(10(26)23-24-25)11(27)22-7-4-2-3-6(13(15,16)17)8(7)14(18,19)20/h5-8H,2-4H2,1H3,(H,22,27). The largest absolute Gasteiger partial charge is 0.394 e. The van der Waals surface area contributed by atoms with E-state index in [1.165, 1.54) is 7.05 Å². The van der Waals surface area contributed by atoms with Crippen LogP contribution < -0.4 is 11.0 Å². The summed E-state index contributed by atoms with van der Waals surface area (Å²) in [6, 6.07) is -1.79. The van der Waals surface area contributed by atoms with Crippen molar-refractivity contribution < 1.29 is 31.1 Å². The molecule has 0 spiro atoms. The fourth-order valence-electron chi connectivity index (χ4n) is 3.46. The lowest BCUT2D eigenvalue weighted by atomic mass is 9.74. The molecule has 0 aromatic carbocycles. The third kappa shape index (κ3) is 3.54. The summed E-state index contributed by atoms with van der Waals surface area (Å²) in [4.78, 5) is 27.9. The molecule has 1 N–H and O–H groups in total. The van der Waals surface area contributed by atoms with Crippen molar-refractivity contribution in [3.8, 4) is 0 Å². The van der Waals surface area contributed by atoms with E-state index in [9.17, 15) is 35.9 Å². The number of carbonyl (C=O) groups is 1. The highest BCUT2D eigenvalue weighted by Gasteiger charge is 2.59. The van der Waals surface area contributed by atoms with Crippen LogP contribution in [0.3, 0.4) is 0 Å². The molecule has 0 bridgehead atoms. The number of imidazole rings is 1. The van der Waals surface area contributed by atoms with Crippen molar-refractivity contribution in [3.05, 3.63) is 22.5 Å². The second kappa shape index (κ2) is 6.74. The summed E-state index contributed by atoms with van der Waals surface area (Å²) in [5.74, 6) is -6.55. The number of nitrogens with one attached hydrogen (secondary N) is 1. The summed E-state index contributed by atoms with van der Waals surface area (Å²) in [5, 5.41) is 9.03. The van der Waals surface area contributed by atoms with E-state index in [0.29, 0.717) is 0 Å². The van der Waals surface area contributed by atoms with Crippen LogP contribution in [0.5, 0.6) is 0 Å². The Hall–Kier alpha value is -2.67. The SMILES string of the molecule is Cn1nnc2c(C(=O)NC3CCCC(C(F)(F)F)C3C(F)(F)F)ncn2c1=O. The molecule has 2 aromatic heterocycles. The van der Waals surface area contributed by atoms with Crippen LogP contribution in [0.15, 0.2) is 11.1 Å². The van der Waals surface area contributed by atoms with Gasteiger partial charge in [-0.15, -0.1) is 5.10 Å². The van der Waals surface area contributed by atoms with Crippen LogP contribution in [0, 0.1) is 11.8 Å². The van der Waals surface area contributed by atoms with Gasteiger partial charge >= 0.3 is 18.0 Å². The molecule has 3 rings (SSSR count). The van der Waals surface area contributed by atoms with Gasteiger partial charge in [0, 0.05) is 13.1 Å². The molecule has 2 aromatic rings. The first-order chi connectivity index (χ1) is 12.9. The van der Waals surface area contributed by atoms with Crippen molar-refractivity contribution in [2.45, 2.75) is 37.7 Å². The molecule has 14 heteroatoms. The zero-order valence-corrected chi connectivity index (χ0v) is 14.3. The Balaban J connectivity index is 1.92. The maximum absolute atomic E-state index is 13.4. The van der Waals surface area contributed by atoms with Crippen molar-refractivity contribution in [1.29, 1.82) is 0 Å². The predicted octanol–water partition coefficient (Wildman–Crippen LogP) is 1.46. The van der Waals surface area contributed by atoms with Gasteiger partial charge < -0.3 is 5.32 Å². The number of amides is 1. The van der Waals surface area contributed by atoms with Gasteiger partial charge in [-0.05, 0) is 12.8 Å². The van der Waals surface area contributed by atoms with Crippen LogP contribution in [-0.2, 0) is 7.05 Å². The van der Waals surface area contributed by atoms with Gasteiger partial charge in [0.15, 0.2) is 11.3 Å². The Morgan fingerprint density at radius 3 is 2.46 bits per heavy atom. The van der Waals surface area contributed by atoms with E-state index < -0.39 is 53.9 Å². The van der Waals surface area contributed by atoms with Gasteiger partial charge in [0.05, 0.1) is 11.8 Å². The molecule has 1 amide bonds. The molecular weight excluding hydrogens is 398 g/mol. The van der Waals surface area contributed by atoms with Gasteiger partial charge in [0.1, 0.15) is 6.33 Å². The summed E-state index contributed by atoms with van der Waals surface area (Å²) in [6.07, 6.45) is -10.4. The quantitative estimate of drug-likeness (QED) is 0.754. The van der Waals surface area contributed by atoms with Gasteiger partial charge in [-0.1, -0.05) is 11.6 Å². The first-order valence-electron chi connectivity index (χ1n) is 8.12. The molecule has 3 atom stereocenters. The Kier molecular flexibility index (Phi) is 4.83. The van der Waals surface area contributed by atoms with Gasteiger partial charge in [-0.25, -0.2) is 14.2 Å². The Bertz CT molecular complexity index is 948. The number of halogens is 6. The smallest absolute Gasteiger partial charge is 0.347 e. The summed E-state index contributed by atoms with van der Waals surface area (Å²) in [7, 11) is 1.28. The van der Waals surface area contributed by atoms with E-state index in [0.717, 1.165) is 15.4 Å². The number of carbonyl (C=O) groups excluding carboxylic acids is 1. The second-order valence-electron chi connectivity index (χ2n) is 6.51. The lowest BCUT2D eigenvalue weighted by Gasteiger charge is -2.40. The minimum atomic E-state index is -5.16. The molecule has 1 fully saturated rings. The topological polar surface area (TPSA) is 94.2 Å². The van der Waals surface area contributed by atoms with E-state index in [1.807, 2.05) is 5.32 Å². The van der Waals surface area contributed by atoms with Crippen molar-refractivity contribution >= 4 is 11.6 Å². The monoisotopic (exact) mass is 412 g/mol. The lowest BCUT2D eigenvalue weighted by molar-refractivity contribution is -0.267. The minimum absolute atomic E-state index is 0.133. The average Bonchev–Trinajstić information content (AvgIpc) is 3.01. The molecule has 0 aliphatic heterocycles. The number of hydrogen-bond acceptors (Lipinski definition) is 5. The van der Waals surface area contributed by atoms with Gasteiger partial charge in [-0.3, -0.25) is 4.79 Å². The van der Waals surface area contributed by atoms with Crippen molar-refractivity contribution in [2.75, 3.05) is 0 Å². The number of nitrogens with zero attached hydrogens (tertiary/aromatic N) is 5. The minimum Gasteiger partial charge on any atom is -0.347 e. The predicted molar refractivity (Wildman–Crippen MR) is 80.2 cm³/mol. The molecule has 154 valence electrons. The molecule has 1 saturated carbocycles. The average molecular weight is 412 g/mol. The third-order valence-corrected chi connectivity index (χ3v) is 4.73. The van der Waals surface area contributed by atoms with Crippen molar-refractivity contribution in [1.82, 2.24) is 29.7 Å². The highest BCUT2D eigenvalue weighted by Crippen LogP contribution is 2.48. The van der Waals surface area contributed by atoms with Crippen LogP contribution in [0.4, 0.5) is 26.3 Å². The zero-order chi connectivity index (χ0) is 20.9. The number of aromatic nitrogens is 5. The molecule has 1 aliphatic rings. The molecular formula is C14H14F6N6O2. The Morgan fingerprint density at radius 2 is 1.86 bits per heavy atom.